The van der Waals surface area contributed by atoms with Crippen molar-refractivity contribution in [3.8, 4) is 5.75 Å². The Hall–Kier alpha value is -4.49. The van der Waals surface area contributed by atoms with E-state index in [0.717, 1.165) is 22.0 Å². The fourth-order valence-corrected chi connectivity index (χ4v) is 5.15. The first-order chi connectivity index (χ1) is 19.5. The topological polar surface area (TPSA) is 101 Å². The zero-order valence-corrected chi connectivity index (χ0v) is 22.1. The number of anilines is 1. The van der Waals surface area contributed by atoms with Crippen LogP contribution in [0.1, 0.15) is 16.7 Å². The highest BCUT2D eigenvalue weighted by molar-refractivity contribution is 7.89. The first-order valence-corrected chi connectivity index (χ1v) is 13.5. The lowest BCUT2D eigenvalue weighted by Crippen LogP contribution is -2.30. The van der Waals surface area contributed by atoms with Crippen LogP contribution in [-0.2, 0) is 29.7 Å². The largest absolute Gasteiger partial charge is 0.573 e. The van der Waals surface area contributed by atoms with Crippen LogP contribution in [0.2, 0.25) is 0 Å². The Balaban J connectivity index is 1.49. The van der Waals surface area contributed by atoms with Gasteiger partial charge in [0.05, 0.1) is 4.90 Å². The van der Waals surface area contributed by atoms with Crippen LogP contribution in [0.25, 0.3) is 0 Å². The van der Waals surface area contributed by atoms with Crippen molar-refractivity contribution in [3.05, 3.63) is 120 Å². The highest BCUT2D eigenvalue weighted by Crippen LogP contribution is 2.26. The van der Waals surface area contributed by atoms with Gasteiger partial charge in [-0.2, -0.15) is 4.31 Å². The quantitative estimate of drug-likeness (QED) is 0.227. The van der Waals surface area contributed by atoms with E-state index in [4.69, 9.17) is 0 Å². The van der Waals surface area contributed by atoms with Crippen LogP contribution in [0.4, 0.5) is 28.0 Å². The maximum Gasteiger partial charge on any atom is 0.573 e. The van der Waals surface area contributed by atoms with E-state index in [2.05, 4.69) is 20.4 Å². The summed E-state index contributed by atoms with van der Waals surface area (Å²) in [6.45, 7) is -0.0628. The summed E-state index contributed by atoms with van der Waals surface area (Å²) in [6.07, 6.45) is -1.66. The number of alkyl halides is 3. The van der Waals surface area contributed by atoms with Gasteiger partial charge in [-0.05, 0) is 77.4 Å². The predicted octanol–water partition coefficient (Wildman–Crippen LogP) is 5.83. The lowest BCUT2D eigenvalue weighted by molar-refractivity contribution is -0.274. The number of ether oxygens (including phenoxy) is 1. The van der Waals surface area contributed by atoms with E-state index >= 15 is 0 Å². The van der Waals surface area contributed by atoms with E-state index in [-0.39, 0.29) is 24.5 Å². The van der Waals surface area contributed by atoms with Crippen LogP contribution in [0.3, 0.4) is 0 Å². The maximum atomic E-state index is 13.6. The van der Waals surface area contributed by atoms with E-state index in [1.807, 2.05) is 0 Å². The fraction of sp³-hybridized carbons (Fsp3) is 0.143. The van der Waals surface area contributed by atoms with E-state index < -0.39 is 34.0 Å². The number of benzene rings is 3. The number of aromatic nitrogens is 1. The molecule has 214 valence electrons. The zero-order valence-electron chi connectivity index (χ0n) is 21.3. The van der Waals surface area contributed by atoms with Gasteiger partial charge in [-0.3, -0.25) is 4.98 Å². The summed E-state index contributed by atoms with van der Waals surface area (Å²) in [5.74, 6) is -0.932. The third kappa shape index (κ3) is 8.75. The second-order valence-electron chi connectivity index (χ2n) is 8.78. The molecule has 4 rings (SSSR count). The molecule has 1 heterocycles. The normalized spacial score (nSPS) is 11.7. The van der Waals surface area contributed by atoms with E-state index in [9.17, 15) is 30.8 Å². The number of pyridine rings is 1. The number of carbonyl (C=O) groups is 1. The highest BCUT2D eigenvalue weighted by atomic mass is 32.2. The van der Waals surface area contributed by atoms with Crippen molar-refractivity contribution in [2.24, 2.45) is 0 Å². The van der Waals surface area contributed by atoms with E-state index in [1.165, 1.54) is 60.7 Å². The zero-order chi connectivity index (χ0) is 29.5. The van der Waals surface area contributed by atoms with Gasteiger partial charge in [0.15, 0.2) is 0 Å². The van der Waals surface area contributed by atoms with Gasteiger partial charge < -0.3 is 15.4 Å². The summed E-state index contributed by atoms with van der Waals surface area (Å²) < 4.78 is 83.2. The molecule has 4 aromatic rings. The summed E-state index contributed by atoms with van der Waals surface area (Å²) in [6, 6.07) is 18.6. The maximum absolute atomic E-state index is 13.6. The van der Waals surface area contributed by atoms with Crippen molar-refractivity contribution < 1.29 is 35.5 Å². The first-order valence-electron chi connectivity index (χ1n) is 12.1. The fourth-order valence-electron chi connectivity index (χ4n) is 3.74. The summed E-state index contributed by atoms with van der Waals surface area (Å²) in [4.78, 5) is 16.1. The minimum atomic E-state index is -4.86. The third-order valence-electron chi connectivity index (χ3n) is 5.74. The Labute approximate surface area is 233 Å². The average molecular weight is 589 g/mol. The van der Waals surface area contributed by atoms with Gasteiger partial charge >= 0.3 is 12.4 Å². The second kappa shape index (κ2) is 12.8. The smallest absolute Gasteiger partial charge is 0.406 e. The molecule has 1 aromatic heterocycles. The molecule has 8 nitrogen and oxygen atoms in total. The molecule has 3 aromatic carbocycles. The molecule has 0 saturated heterocycles. The molecule has 0 radical (unpaired) electrons. The van der Waals surface area contributed by atoms with Crippen LogP contribution in [0, 0.1) is 5.82 Å². The van der Waals surface area contributed by atoms with Crippen LogP contribution < -0.4 is 15.4 Å². The van der Waals surface area contributed by atoms with Gasteiger partial charge in [-0.15, -0.1) is 13.2 Å². The second-order valence-corrected chi connectivity index (χ2v) is 10.7. The lowest BCUT2D eigenvalue weighted by Gasteiger charge is -2.23. The van der Waals surface area contributed by atoms with Crippen molar-refractivity contribution in [2.45, 2.75) is 30.9 Å². The van der Waals surface area contributed by atoms with E-state index in [0.29, 0.717) is 16.8 Å². The molecule has 0 aliphatic rings. The average Bonchev–Trinajstić information content (AvgIpc) is 2.94. The number of nitrogens with zero attached hydrogens (tertiary/aromatic N) is 2. The van der Waals surface area contributed by atoms with Crippen LogP contribution in [0.5, 0.6) is 5.75 Å². The van der Waals surface area contributed by atoms with Gasteiger partial charge in [0.25, 0.3) is 0 Å². The molecule has 2 amide bonds. The van der Waals surface area contributed by atoms with Crippen molar-refractivity contribution in [2.75, 3.05) is 5.32 Å². The number of hydrogen-bond donors (Lipinski definition) is 2. The van der Waals surface area contributed by atoms with Gasteiger partial charge in [0.2, 0.25) is 10.0 Å². The van der Waals surface area contributed by atoms with Gasteiger partial charge in [-0.25, -0.2) is 17.6 Å². The Kier molecular flexibility index (Phi) is 9.20. The number of carbonyl (C=O) groups excluding carboxylic acids is 1. The van der Waals surface area contributed by atoms with E-state index in [1.54, 1.807) is 24.5 Å². The summed E-state index contributed by atoms with van der Waals surface area (Å²) in [5, 5.41) is 5.31. The third-order valence-corrected chi connectivity index (χ3v) is 7.55. The Bertz CT molecular complexity index is 1550. The van der Waals surface area contributed by atoms with Crippen molar-refractivity contribution >= 4 is 21.7 Å². The first kappa shape index (κ1) is 29.5. The number of urea groups is 1. The molecule has 2 N–H and O–H groups in total. The molecule has 0 unspecified atom stereocenters. The molecule has 41 heavy (non-hydrogen) atoms. The molecule has 0 aliphatic carbocycles. The molecule has 0 atom stereocenters. The van der Waals surface area contributed by atoms with Crippen LogP contribution >= 0.6 is 0 Å². The van der Waals surface area contributed by atoms with Crippen LogP contribution in [0.15, 0.2) is 102 Å². The molecular formula is C28H24F4N4O4S. The number of nitrogens with one attached hydrogen (secondary N) is 2. The Morgan fingerprint density at radius 3 is 1.93 bits per heavy atom. The molecule has 0 saturated carbocycles. The standard InChI is InChI=1S/C28H24F4N4O4S/c29-23-5-1-21(2-6-23)18-36(19-22-3-9-25(10-4-22)40-28(30,31)32)41(38,39)26-11-7-24(8-12-26)35-27(37)34-17-20-13-15-33-16-14-20/h1-16H,17-19H2,(H2,34,35,37). The van der Waals surface area contributed by atoms with Gasteiger partial charge in [0, 0.05) is 37.7 Å². The van der Waals surface area contributed by atoms with Crippen molar-refractivity contribution in [3.63, 3.8) is 0 Å². The number of rotatable bonds is 10. The summed E-state index contributed by atoms with van der Waals surface area (Å²) in [5.41, 5.74) is 2.09. The molecular weight excluding hydrogens is 564 g/mol. The molecule has 0 aliphatic heterocycles. The van der Waals surface area contributed by atoms with Crippen molar-refractivity contribution in [1.82, 2.24) is 14.6 Å². The number of halogens is 4. The van der Waals surface area contributed by atoms with Crippen LogP contribution in [-0.4, -0.2) is 30.1 Å². The molecule has 0 bridgehead atoms. The number of sulfonamides is 1. The van der Waals surface area contributed by atoms with Crippen molar-refractivity contribution in [1.29, 1.82) is 0 Å². The predicted molar refractivity (Wildman–Crippen MR) is 142 cm³/mol. The highest BCUT2D eigenvalue weighted by Gasteiger charge is 2.31. The van der Waals surface area contributed by atoms with Gasteiger partial charge in [-0.1, -0.05) is 24.3 Å². The number of amides is 2. The molecule has 13 heteroatoms. The monoisotopic (exact) mass is 588 g/mol. The molecule has 0 spiro atoms. The number of hydrogen-bond acceptors (Lipinski definition) is 5. The Morgan fingerprint density at radius 2 is 1.37 bits per heavy atom. The minimum Gasteiger partial charge on any atom is -0.406 e. The molecule has 0 fully saturated rings. The van der Waals surface area contributed by atoms with Gasteiger partial charge in [0.1, 0.15) is 11.6 Å². The lowest BCUT2D eigenvalue weighted by atomic mass is 10.2. The SMILES string of the molecule is O=C(NCc1ccncc1)Nc1ccc(S(=O)(=O)N(Cc2ccc(F)cc2)Cc2ccc(OC(F)(F)F)cc2)cc1. The Morgan fingerprint density at radius 1 is 0.805 bits per heavy atom. The summed E-state index contributed by atoms with van der Waals surface area (Å²) in [7, 11) is -4.14. The minimum absolute atomic E-state index is 0.0839. The summed E-state index contributed by atoms with van der Waals surface area (Å²) >= 11 is 0.